The zero-order chi connectivity index (χ0) is 19.0. The summed E-state index contributed by atoms with van der Waals surface area (Å²) in [6, 6.07) is 10.7. The molecule has 0 aliphatic heterocycles. The van der Waals surface area contributed by atoms with Gasteiger partial charge in [0.2, 0.25) is 10.0 Å². The standard InChI is InChI=1S/C19H20FN3O3S/c1-22-18(14-8-9-14)11-15(21-22)12-23(13-16-5-4-10-26-16)27(24,25)19-7-3-2-6-17(19)20/h2-7,10-11,14H,8-9,12-13H2,1H3. The van der Waals surface area contributed by atoms with E-state index < -0.39 is 15.8 Å². The SMILES string of the molecule is Cn1nc(CN(Cc2ccco2)S(=O)(=O)c2ccccc2F)cc1C1CC1. The molecule has 1 fully saturated rings. The van der Waals surface area contributed by atoms with E-state index in [1.807, 2.05) is 13.1 Å². The second-order valence-corrected chi connectivity index (χ2v) is 8.65. The number of nitrogens with zero attached hydrogens (tertiary/aromatic N) is 3. The van der Waals surface area contributed by atoms with Gasteiger partial charge in [0.15, 0.2) is 0 Å². The Morgan fingerprint density at radius 1 is 1.22 bits per heavy atom. The van der Waals surface area contributed by atoms with Crippen LogP contribution in [0.2, 0.25) is 0 Å². The summed E-state index contributed by atoms with van der Waals surface area (Å²) in [5, 5.41) is 4.46. The van der Waals surface area contributed by atoms with Crippen LogP contribution in [-0.4, -0.2) is 22.5 Å². The number of sulfonamides is 1. The first-order valence-electron chi connectivity index (χ1n) is 8.75. The summed E-state index contributed by atoms with van der Waals surface area (Å²) in [4.78, 5) is -0.352. The molecule has 0 spiro atoms. The molecule has 2 aromatic heterocycles. The van der Waals surface area contributed by atoms with E-state index in [0.29, 0.717) is 17.4 Å². The largest absolute Gasteiger partial charge is 0.468 e. The van der Waals surface area contributed by atoms with Crippen LogP contribution in [0.3, 0.4) is 0 Å². The highest BCUT2D eigenvalue weighted by Gasteiger charge is 2.31. The molecule has 142 valence electrons. The lowest BCUT2D eigenvalue weighted by Gasteiger charge is -2.20. The molecule has 8 heteroatoms. The average molecular weight is 389 g/mol. The van der Waals surface area contributed by atoms with Crippen molar-refractivity contribution in [1.82, 2.24) is 14.1 Å². The molecule has 0 bridgehead atoms. The van der Waals surface area contributed by atoms with Gasteiger partial charge in [-0.25, -0.2) is 12.8 Å². The molecule has 0 amide bonds. The van der Waals surface area contributed by atoms with Gasteiger partial charge in [-0.15, -0.1) is 0 Å². The van der Waals surface area contributed by atoms with Crippen molar-refractivity contribution in [3.63, 3.8) is 0 Å². The van der Waals surface area contributed by atoms with Gasteiger partial charge in [0.25, 0.3) is 0 Å². The molecule has 2 heterocycles. The molecular formula is C19H20FN3O3S. The van der Waals surface area contributed by atoms with Gasteiger partial charge >= 0.3 is 0 Å². The Bertz CT molecular complexity index is 1040. The van der Waals surface area contributed by atoms with Crippen LogP contribution in [0, 0.1) is 5.82 Å². The third-order valence-corrected chi connectivity index (χ3v) is 6.49. The van der Waals surface area contributed by atoms with Crippen LogP contribution in [0.1, 0.15) is 35.9 Å². The van der Waals surface area contributed by atoms with Crippen LogP contribution >= 0.6 is 0 Å². The van der Waals surface area contributed by atoms with Gasteiger partial charge in [-0.3, -0.25) is 4.68 Å². The number of hydrogen-bond acceptors (Lipinski definition) is 4. The minimum atomic E-state index is -4.07. The molecule has 0 N–H and O–H groups in total. The van der Waals surface area contributed by atoms with Crippen molar-refractivity contribution in [2.24, 2.45) is 7.05 Å². The summed E-state index contributed by atoms with van der Waals surface area (Å²) < 4.78 is 48.8. The Hall–Kier alpha value is -2.45. The van der Waals surface area contributed by atoms with E-state index in [2.05, 4.69) is 5.10 Å². The fourth-order valence-electron chi connectivity index (χ4n) is 3.16. The number of aryl methyl sites for hydroxylation is 1. The summed E-state index contributed by atoms with van der Waals surface area (Å²) in [7, 11) is -2.20. The second kappa shape index (κ2) is 6.94. The molecule has 0 radical (unpaired) electrons. The number of aromatic nitrogens is 2. The highest BCUT2D eigenvalue weighted by molar-refractivity contribution is 7.89. The van der Waals surface area contributed by atoms with Gasteiger partial charge in [0.05, 0.1) is 25.0 Å². The molecule has 0 unspecified atom stereocenters. The van der Waals surface area contributed by atoms with Crippen LogP contribution in [0.15, 0.2) is 58.0 Å². The summed E-state index contributed by atoms with van der Waals surface area (Å²) in [5.74, 6) is 0.202. The zero-order valence-corrected chi connectivity index (χ0v) is 15.7. The van der Waals surface area contributed by atoms with Crippen molar-refractivity contribution in [2.75, 3.05) is 0 Å². The normalized spacial score (nSPS) is 14.8. The zero-order valence-electron chi connectivity index (χ0n) is 14.9. The van der Waals surface area contributed by atoms with Crippen LogP contribution in [0.5, 0.6) is 0 Å². The van der Waals surface area contributed by atoms with E-state index in [4.69, 9.17) is 4.42 Å². The first-order valence-corrected chi connectivity index (χ1v) is 10.2. The Balaban J connectivity index is 1.68. The van der Waals surface area contributed by atoms with E-state index in [9.17, 15) is 12.8 Å². The van der Waals surface area contributed by atoms with Crippen molar-refractivity contribution in [1.29, 1.82) is 0 Å². The molecule has 1 saturated carbocycles. The van der Waals surface area contributed by atoms with E-state index in [1.165, 1.54) is 28.8 Å². The Morgan fingerprint density at radius 2 is 2.00 bits per heavy atom. The summed E-state index contributed by atoms with van der Waals surface area (Å²) >= 11 is 0. The van der Waals surface area contributed by atoms with Crippen molar-refractivity contribution >= 4 is 10.0 Å². The van der Waals surface area contributed by atoms with E-state index in [-0.39, 0.29) is 18.0 Å². The summed E-state index contributed by atoms with van der Waals surface area (Å²) in [6.07, 6.45) is 3.74. The number of hydrogen-bond donors (Lipinski definition) is 0. The lowest BCUT2D eigenvalue weighted by Crippen LogP contribution is -2.31. The van der Waals surface area contributed by atoms with E-state index in [0.717, 1.165) is 24.6 Å². The van der Waals surface area contributed by atoms with E-state index in [1.54, 1.807) is 16.8 Å². The fourth-order valence-corrected chi connectivity index (χ4v) is 4.60. The molecule has 1 aliphatic rings. The molecule has 0 atom stereocenters. The third kappa shape index (κ3) is 3.68. The topological polar surface area (TPSA) is 68.3 Å². The molecule has 0 saturated heterocycles. The molecule has 3 aromatic rings. The Labute approximate surface area is 157 Å². The molecule has 1 aromatic carbocycles. The number of rotatable bonds is 7. The van der Waals surface area contributed by atoms with Crippen molar-refractivity contribution in [2.45, 2.75) is 36.7 Å². The Morgan fingerprint density at radius 3 is 2.67 bits per heavy atom. The molecule has 6 nitrogen and oxygen atoms in total. The third-order valence-electron chi connectivity index (χ3n) is 4.67. The van der Waals surface area contributed by atoms with Crippen LogP contribution in [0.25, 0.3) is 0 Å². The molecule has 4 rings (SSSR count). The predicted octanol–water partition coefficient (Wildman–Crippen LogP) is 3.42. The number of furan rings is 1. The Kier molecular flexibility index (Phi) is 4.61. The lowest BCUT2D eigenvalue weighted by molar-refractivity contribution is 0.353. The van der Waals surface area contributed by atoms with E-state index >= 15 is 0 Å². The minimum Gasteiger partial charge on any atom is -0.468 e. The van der Waals surface area contributed by atoms with Gasteiger partial charge in [-0.05, 0) is 43.2 Å². The molecule has 1 aliphatic carbocycles. The second-order valence-electron chi connectivity index (χ2n) is 6.74. The molecular weight excluding hydrogens is 369 g/mol. The maximum atomic E-state index is 14.2. The molecule has 27 heavy (non-hydrogen) atoms. The first kappa shape index (κ1) is 17.9. The van der Waals surface area contributed by atoms with Gasteiger partial charge in [-0.2, -0.15) is 9.40 Å². The number of halogens is 1. The van der Waals surface area contributed by atoms with Crippen LogP contribution in [-0.2, 0) is 30.2 Å². The quantitative estimate of drug-likeness (QED) is 0.621. The van der Waals surface area contributed by atoms with Crippen LogP contribution < -0.4 is 0 Å². The summed E-state index contributed by atoms with van der Waals surface area (Å²) in [5.41, 5.74) is 1.73. The fraction of sp³-hybridized carbons (Fsp3) is 0.316. The van der Waals surface area contributed by atoms with Crippen molar-refractivity contribution in [3.05, 3.63) is 71.7 Å². The maximum absolute atomic E-state index is 14.2. The smallest absolute Gasteiger partial charge is 0.246 e. The predicted molar refractivity (Wildman–Crippen MR) is 96.7 cm³/mol. The average Bonchev–Trinajstić information content (AvgIpc) is 3.21. The lowest BCUT2D eigenvalue weighted by atomic mass is 10.2. The van der Waals surface area contributed by atoms with Gasteiger partial charge in [-0.1, -0.05) is 12.1 Å². The monoisotopic (exact) mass is 389 g/mol. The van der Waals surface area contributed by atoms with Gasteiger partial charge in [0.1, 0.15) is 16.5 Å². The highest BCUT2D eigenvalue weighted by Crippen LogP contribution is 2.40. The number of benzene rings is 1. The minimum absolute atomic E-state index is 0.000988. The van der Waals surface area contributed by atoms with Gasteiger partial charge < -0.3 is 4.42 Å². The van der Waals surface area contributed by atoms with Crippen molar-refractivity contribution < 1.29 is 17.2 Å². The summed E-state index contributed by atoms with van der Waals surface area (Å²) in [6.45, 7) is 0.0386. The van der Waals surface area contributed by atoms with Crippen LogP contribution in [0.4, 0.5) is 4.39 Å². The van der Waals surface area contributed by atoms with Gasteiger partial charge in [0, 0.05) is 18.7 Å². The maximum Gasteiger partial charge on any atom is 0.246 e. The highest BCUT2D eigenvalue weighted by atomic mass is 32.2. The van der Waals surface area contributed by atoms with Crippen molar-refractivity contribution in [3.8, 4) is 0 Å². The first-order chi connectivity index (χ1) is 12.9.